The fourth-order valence-corrected chi connectivity index (χ4v) is 5.85. The van der Waals surface area contributed by atoms with E-state index >= 15 is 0 Å². The number of benzene rings is 2. The van der Waals surface area contributed by atoms with Crippen LogP contribution in [-0.2, 0) is 4.79 Å². The van der Waals surface area contributed by atoms with Crippen molar-refractivity contribution in [2.24, 2.45) is 5.92 Å². The van der Waals surface area contributed by atoms with E-state index < -0.39 is 23.1 Å². The van der Waals surface area contributed by atoms with Crippen LogP contribution in [0, 0.1) is 5.92 Å². The molecule has 0 aromatic heterocycles. The number of Topliss-reactive ketones (excluding diaryl/α,β-unsaturated/α-hetero) is 1. The van der Waals surface area contributed by atoms with E-state index in [1.807, 2.05) is 0 Å². The molecule has 2 aromatic carbocycles. The molecule has 1 aliphatic heterocycles. The van der Waals surface area contributed by atoms with E-state index in [0.29, 0.717) is 33.6 Å². The molecule has 1 spiro atoms. The summed E-state index contributed by atoms with van der Waals surface area (Å²) < 4.78 is 16.7. The number of nitrogens with one attached hydrogen (secondary N) is 1. The topological polar surface area (TPSA) is 94.1 Å². The van der Waals surface area contributed by atoms with Crippen LogP contribution in [0.25, 0.3) is 0 Å². The Bertz CT molecular complexity index is 1250. The molecule has 7 nitrogen and oxygen atoms in total. The first-order chi connectivity index (χ1) is 16.7. The smallest absolute Gasteiger partial charge is 0.236 e. The molecular weight excluding hydrogens is 537 g/mol. The average Bonchev–Trinajstić information content (AvgIpc) is 3.15. The van der Waals surface area contributed by atoms with E-state index in [-0.39, 0.29) is 34.4 Å². The summed E-state index contributed by atoms with van der Waals surface area (Å²) in [6, 6.07) is 5.03. The Morgan fingerprint density at radius 1 is 1.14 bits per heavy atom. The monoisotopic (exact) mass is 557 g/mol. The van der Waals surface area contributed by atoms with E-state index in [9.17, 15) is 9.59 Å². The summed E-state index contributed by atoms with van der Waals surface area (Å²) in [6.07, 6.45) is 1.66. The molecule has 2 unspecified atom stereocenters. The lowest BCUT2D eigenvalue weighted by Gasteiger charge is -2.35. The fraction of sp³-hybridized carbons (Fsp3) is 0.333. The molecule has 2 atom stereocenters. The number of ether oxygens (including phenoxy) is 3. The van der Waals surface area contributed by atoms with Crippen LogP contribution < -0.4 is 19.5 Å². The molecule has 35 heavy (non-hydrogen) atoms. The van der Waals surface area contributed by atoms with Gasteiger partial charge < -0.3 is 24.6 Å². The van der Waals surface area contributed by atoms with Crippen molar-refractivity contribution < 1.29 is 28.9 Å². The highest BCUT2D eigenvalue weighted by Crippen LogP contribution is 2.53. The molecule has 0 bridgehead atoms. The van der Waals surface area contributed by atoms with E-state index in [4.69, 9.17) is 54.1 Å². The summed E-state index contributed by atoms with van der Waals surface area (Å²) in [5, 5.41) is 12.9. The Hall–Kier alpha value is -2.10. The molecule has 11 heteroatoms. The molecule has 1 aliphatic carbocycles. The second kappa shape index (κ2) is 10.1. The number of methoxy groups -OCH3 is 2. The number of anilines is 1. The zero-order valence-electron chi connectivity index (χ0n) is 19.0. The predicted octanol–water partition coefficient (Wildman–Crippen LogP) is 5.67. The lowest BCUT2D eigenvalue weighted by molar-refractivity contribution is -0.129. The average molecular weight is 559 g/mol. The van der Waals surface area contributed by atoms with Crippen molar-refractivity contribution in [2.45, 2.75) is 23.8 Å². The van der Waals surface area contributed by atoms with Gasteiger partial charge in [0.1, 0.15) is 22.1 Å². The third-order valence-corrected chi connectivity index (χ3v) is 8.39. The van der Waals surface area contributed by atoms with Gasteiger partial charge in [0.05, 0.1) is 36.6 Å². The van der Waals surface area contributed by atoms with Crippen LogP contribution in [0.4, 0.5) is 5.69 Å². The maximum absolute atomic E-state index is 13.6. The van der Waals surface area contributed by atoms with Gasteiger partial charge in [-0.05, 0) is 18.6 Å². The lowest BCUT2D eigenvalue weighted by atomic mass is 9.74. The molecule has 0 radical (unpaired) electrons. The van der Waals surface area contributed by atoms with Gasteiger partial charge in [0, 0.05) is 34.4 Å². The number of ketones is 2. The van der Waals surface area contributed by atoms with E-state index in [1.54, 1.807) is 19.1 Å². The molecule has 0 fully saturated rings. The first-order valence-electron chi connectivity index (χ1n) is 10.6. The lowest BCUT2D eigenvalue weighted by Crippen LogP contribution is -2.55. The number of hydrogen-bond donors (Lipinski definition) is 2. The molecule has 2 aromatic rings. The highest BCUT2D eigenvalue weighted by Gasteiger charge is 2.60. The minimum atomic E-state index is -1.76. The number of hydrogen-bond acceptors (Lipinski definition) is 8. The minimum absolute atomic E-state index is 0.0157. The third-order valence-electron chi connectivity index (χ3n) is 6.00. The second-order valence-electron chi connectivity index (χ2n) is 8.04. The Labute approximate surface area is 221 Å². The molecule has 0 amide bonds. The van der Waals surface area contributed by atoms with Gasteiger partial charge in [-0.1, -0.05) is 41.7 Å². The number of carbonyl (C=O) groups excluding carboxylic acids is 2. The van der Waals surface area contributed by atoms with Gasteiger partial charge >= 0.3 is 0 Å². The number of carbonyl (C=O) groups is 2. The number of fused-ring (bicyclic) bond motifs is 1. The summed E-state index contributed by atoms with van der Waals surface area (Å²) in [7, 11) is 2.85. The van der Waals surface area contributed by atoms with Gasteiger partial charge in [-0.15, -0.1) is 11.8 Å². The zero-order valence-corrected chi connectivity index (χ0v) is 22.1. The molecule has 4 rings (SSSR count). The van der Waals surface area contributed by atoms with Crippen molar-refractivity contribution >= 4 is 63.8 Å². The Kier molecular flexibility index (Phi) is 7.50. The second-order valence-corrected chi connectivity index (χ2v) is 10.3. The number of aliphatic hydroxyl groups excluding tert-OH is 1. The first kappa shape index (κ1) is 26.0. The number of allylic oxidation sites excluding steroid dienone is 1. The molecule has 186 valence electrons. The van der Waals surface area contributed by atoms with Crippen molar-refractivity contribution in [2.75, 3.05) is 31.9 Å². The van der Waals surface area contributed by atoms with Crippen LogP contribution in [0.1, 0.15) is 23.7 Å². The Morgan fingerprint density at radius 3 is 2.49 bits per heavy atom. The number of halogens is 3. The highest BCUT2D eigenvalue weighted by atomic mass is 35.5. The standard InChI is InChI=1S/C24H22Cl3NO6S/c1-11-8-12(28-13-4-5-16(35-7-6-29)21(27)19(13)25)9-17(30)24(11)23(31)18-14(32-2)10-15(33-3)20(26)22(18)34-24/h4-5,9-11,28-29H,6-8H2,1-3H3. The van der Waals surface area contributed by atoms with Gasteiger partial charge in [0.15, 0.2) is 5.75 Å². The summed E-state index contributed by atoms with van der Waals surface area (Å²) in [5.41, 5.74) is -0.564. The maximum atomic E-state index is 13.6. The quantitative estimate of drug-likeness (QED) is 0.332. The van der Waals surface area contributed by atoms with Crippen LogP contribution in [0.2, 0.25) is 15.1 Å². The summed E-state index contributed by atoms with van der Waals surface area (Å²) in [6.45, 7) is 1.78. The number of thioether (sulfide) groups is 1. The van der Waals surface area contributed by atoms with Crippen molar-refractivity contribution in [3.8, 4) is 17.2 Å². The SMILES string of the molecule is COc1cc(OC)c2c(c1Cl)OC1(C(=O)C=C(Nc3ccc(SCCO)c(Cl)c3Cl)CC1C)C2=O. The third kappa shape index (κ3) is 4.25. The first-order valence-corrected chi connectivity index (χ1v) is 12.7. The van der Waals surface area contributed by atoms with Crippen LogP contribution in [0.3, 0.4) is 0 Å². The van der Waals surface area contributed by atoms with Gasteiger partial charge in [-0.25, -0.2) is 0 Å². The maximum Gasteiger partial charge on any atom is 0.236 e. The summed E-state index contributed by atoms with van der Waals surface area (Å²) in [4.78, 5) is 27.8. The molecule has 0 saturated heterocycles. The van der Waals surface area contributed by atoms with Gasteiger partial charge in [-0.2, -0.15) is 0 Å². The van der Waals surface area contributed by atoms with E-state index in [2.05, 4.69) is 5.32 Å². The van der Waals surface area contributed by atoms with E-state index in [1.165, 1.54) is 38.1 Å². The molecule has 0 saturated carbocycles. The predicted molar refractivity (Wildman–Crippen MR) is 137 cm³/mol. The van der Waals surface area contributed by atoms with Crippen LogP contribution >= 0.6 is 46.6 Å². The normalized spacial score (nSPS) is 21.0. The van der Waals surface area contributed by atoms with Gasteiger partial charge in [0.25, 0.3) is 0 Å². The summed E-state index contributed by atoms with van der Waals surface area (Å²) in [5.74, 6) is -0.516. The van der Waals surface area contributed by atoms with Crippen LogP contribution in [0.15, 0.2) is 34.9 Å². The Morgan fingerprint density at radius 2 is 1.86 bits per heavy atom. The summed E-state index contributed by atoms with van der Waals surface area (Å²) >= 11 is 20.6. The number of rotatable bonds is 7. The zero-order chi connectivity index (χ0) is 25.5. The van der Waals surface area contributed by atoms with Gasteiger partial charge in [-0.3, -0.25) is 9.59 Å². The van der Waals surface area contributed by atoms with Crippen molar-refractivity contribution in [1.29, 1.82) is 0 Å². The largest absolute Gasteiger partial charge is 0.496 e. The molecule has 2 aliphatic rings. The van der Waals surface area contributed by atoms with Crippen molar-refractivity contribution in [3.05, 3.63) is 50.6 Å². The van der Waals surface area contributed by atoms with Crippen LogP contribution in [-0.4, -0.2) is 48.9 Å². The highest BCUT2D eigenvalue weighted by molar-refractivity contribution is 7.99. The fourth-order valence-electron chi connectivity index (χ4n) is 4.28. The van der Waals surface area contributed by atoms with Crippen molar-refractivity contribution in [1.82, 2.24) is 0 Å². The van der Waals surface area contributed by atoms with E-state index in [0.717, 1.165) is 4.90 Å². The molecular formula is C24H22Cl3NO6S. The van der Waals surface area contributed by atoms with Crippen LogP contribution in [0.5, 0.6) is 17.2 Å². The number of aliphatic hydroxyl groups is 1. The minimum Gasteiger partial charge on any atom is -0.496 e. The van der Waals surface area contributed by atoms with Crippen molar-refractivity contribution in [3.63, 3.8) is 0 Å². The van der Waals surface area contributed by atoms with Gasteiger partial charge in [0.2, 0.25) is 17.2 Å². The Balaban J connectivity index is 1.66. The molecule has 2 N–H and O–H groups in total. The molecule has 1 heterocycles.